The fraction of sp³-hybridized carbons (Fsp3) is 0.339. The molecule has 0 bridgehead atoms. The lowest BCUT2D eigenvalue weighted by molar-refractivity contribution is -0.132. The molecule has 11 heteroatoms. The van der Waals surface area contributed by atoms with Crippen LogP contribution >= 0.6 is 16.8 Å². The van der Waals surface area contributed by atoms with Gasteiger partial charge in [-0.05, 0) is 83.3 Å². The number of hydrogen-bond acceptors (Lipinski definition) is 7. The van der Waals surface area contributed by atoms with Crippen LogP contribution in [-0.2, 0) is 24.7 Å². The van der Waals surface area contributed by atoms with Crippen LogP contribution in [-0.4, -0.2) is 28.7 Å². The van der Waals surface area contributed by atoms with Crippen molar-refractivity contribution < 1.29 is 31.3 Å². The number of aryl methyl sites for hydroxylation is 4. The van der Waals surface area contributed by atoms with Gasteiger partial charge in [-0.25, -0.2) is 4.79 Å². The summed E-state index contributed by atoms with van der Waals surface area (Å²) in [4.78, 5) is 12.5. The molecular formula is C56H66O7P2Si2. The minimum atomic E-state index is -2.26. The molecule has 67 heavy (non-hydrogen) atoms. The van der Waals surface area contributed by atoms with Gasteiger partial charge in [0, 0.05) is 33.0 Å². The first-order valence-corrected chi connectivity index (χ1v) is 32.4. The van der Waals surface area contributed by atoms with Crippen LogP contribution < -0.4 is 19.4 Å². The van der Waals surface area contributed by atoms with Crippen LogP contribution in [0, 0.1) is 27.7 Å². The summed E-state index contributed by atoms with van der Waals surface area (Å²) in [5, 5.41) is 4.11. The second-order valence-corrected chi connectivity index (χ2v) is 34.6. The number of rotatable bonds is 9. The van der Waals surface area contributed by atoms with Crippen molar-refractivity contribution in [3.63, 3.8) is 0 Å². The molecule has 0 aliphatic carbocycles. The van der Waals surface area contributed by atoms with E-state index in [4.69, 9.17) is 26.5 Å². The molecule has 8 rings (SSSR count). The molecule has 1 unspecified atom stereocenters. The standard InChI is InChI=1S/C56H66O7P2Si2/c1-34-23-35(2)26-38(25-34)42-19-17-21-44-45-22-18-20-43(39-27-36(3)24-37(4)28-39)52(45)61-65(60-51(42)44)63-54-47(30-41(56(8,9)10)32-49(54)67(14,15)16)46-29-40(55(5,6)7)31-48(66(11,12)13)53(46)62-64-58-33-50(57)59-64/h17-32H,33H2,1-16H3. The van der Waals surface area contributed by atoms with Gasteiger partial charge in [0.25, 0.3) is 0 Å². The normalized spacial score (nSPS) is 14.7. The summed E-state index contributed by atoms with van der Waals surface area (Å²) in [6.45, 7) is 35.9. The van der Waals surface area contributed by atoms with Crippen molar-refractivity contribution in [2.75, 3.05) is 6.61 Å². The van der Waals surface area contributed by atoms with Crippen LogP contribution in [0.15, 0.2) is 105 Å². The summed E-state index contributed by atoms with van der Waals surface area (Å²) in [6, 6.07) is 35.2. The monoisotopic (exact) mass is 968 g/mol. The maximum atomic E-state index is 12.5. The Morgan fingerprint density at radius 3 is 1.28 bits per heavy atom. The Balaban J connectivity index is 1.53. The van der Waals surface area contributed by atoms with E-state index in [1.54, 1.807) is 0 Å². The largest absolute Gasteiger partial charge is 0.465 e. The highest BCUT2D eigenvalue weighted by molar-refractivity contribution is 7.43. The van der Waals surface area contributed by atoms with E-state index in [2.05, 4.69) is 206 Å². The molecular weight excluding hydrogens is 903 g/mol. The van der Waals surface area contributed by atoms with Crippen molar-refractivity contribution in [3.05, 3.63) is 130 Å². The van der Waals surface area contributed by atoms with Crippen molar-refractivity contribution in [2.24, 2.45) is 0 Å². The molecule has 7 nitrogen and oxygen atoms in total. The van der Waals surface area contributed by atoms with Crippen molar-refractivity contribution in [1.82, 2.24) is 0 Å². The summed E-state index contributed by atoms with van der Waals surface area (Å²) < 4.78 is 40.7. The zero-order valence-electron chi connectivity index (χ0n) is 42.2. The Labute approximate surface area is 401 Å². The van der Waals surface area contributed by atoms with Gasteiger partial charge in [-0.1, -0.05) is 188 Å². The number of fused-ring (bicyclic) bond motifs is 3. The van der Waals surface area contributed by atoms with Crippen molar-refractivity contribution >= 4 is 71.3 Å². The van der Waals surface area contributed by atoms with Gasteiger partial charge in [-0.3, -0.25) is 4.52 Å². The number of hydrogen-bond donors (Lipinski definition) is 0. The number of para-hydroxylation sites is 2. The van der Waals surface area contributed by atoms with Crippen LogP contribution in [0.4, 0.5) is 0 Å². The van der Waals surface area contributed by atoms with Gasteiger partial charge in [0.05, 0.1) is 16.1 Å². The Hall–Kier alpha value is -4.89. The third kappa shape index (κ3) is 10.3. The molecule has 7 aromatic rings. The van der Waals surface area contributed by atoms with E-state index >= 15 is 0 Å². The molecule has 0 saturated carbocycles. The lowest BCUT2D eigenvalue weighted by atomic mass is 9.83. The van der Waals surface area contributed by atoms with E-state index in [1.165, 1.54) is 27.8 Å². The minimum absolute atomic E-state index is 0.146. The lowest BCUT2D eigenvalue weighted by Crippen LogP contribution is -2.40. The Kier molecular flexibility index (Phi) is 13.0. The molecule has 1 fully saturated rings. The maximum Gasteiger partial charge on any atom is 0.465 e. The van der Waals surface area contributed by atoms with E-state index in [1.807, 2.05) is 0 Å². The van der Waals surface area contributed by atoms with E-state index in [9.17, 15) is 4.79 Å². The molecule has 0 N–H and O–H groups in total. The van der Waals surface area contributed by atoms with E-state index < -0.39 is 39.0 Å². The summed E-state index contributed by atoms with van der Waals surface area (Å²) >= 11 is 0. The summed E-state index contributed by atoms with van der Waals surface area (Å²) in [5.74, 6) is 0.927. The van der Waals surface area contributed by atoms with Gasteiger partial charge in [-0.15, -0.1) is 0 Å². The molecule has 0 amide bonds. The predicted octanol–water partition coefficient (Wildman–Crippen LogP) is 16.2. The SMILES string of the molecule is Cc1cc(C)cc(-c2cccc3c2op(Oc2c(-c4cc(C(C)(C)C)cc([Si](C)(C)C)c4OP4OCC(=O)O4)cc(C(C)(C)C)cc2[Si](C)(C)C)oc2c(-c4cc(C)cc(C)c4)cccc23)c1. The second kappa shape index (κ2) is 17.9. The second-order valence-electron chi connectivity index (χ2n) is 22.5. The van der Waals surface area contributed by atoms with Crippen molar-refractivity contribution in [1.29, 1.82) is 0 Å². The minimum Gasteiger partial charge on any atom is -0.417 e. The van der Waals surface area contributed by atoms with Crippen molar-refractivity contribution in [2.45, 2.75) is 119 Å². The van der Waals surface area contributed by atoms with Gasteiger partial charge in [-0.2, -0.15) is 0 Å². The molecule has 1 saturated heterocycles. The van der Waals surface area contributed by atoms with Gasteiger partial charge < -0.3 is 22.0 Å². The summed E-state index contributed by atoms with van der Waals surface area (Å²) in [6.07, 6.45) is 0. The maximum absolute atomic E-state index is 12.5. The van der Waals surface area contributed by atoms with Gasteiger partial charge in [0.15, 0.2) is 17.8 Å². The number of carbonyl (C=O) groups excluding carboxylic acids is 1. The molecule has 350 valence electrons. The Morgan fingerprint density at radius 2 is 0.925 bits per heavy atom. The third-order valence-corrected chi connectivity index (χ3v) is 18.3. The van der Waals surface area contributed by atoms with E-state index in [-0.39, 0.29) is 17.4 Å². The first-order valence-electron chi connectivity index (χ1n) is 23.2. The molecule has 2 heterocycles. The zero-order valence-corrected chi connectivity index (χ0v) is 46.0. The quantitative estimate of drug-likeness (QED) is 0.105. The molecule has 6 aromatic carbocycles. The average Bonchev–Trinajstić information content (AvgIpc) is 3.54. The fourth-order valence-corrected chi connectivity index (χ4v) is 14.0. The zero-order chi connectivity index (χ0) is 48.5. The molecule has 1 aromatic heterocycles. The first kappa shape index (κ1) is 48.6. The molecule has 1 atom stereocenters. The predicted molar refractivity (Wildman–Crippen MR) is 287 cm³/mol. The number of benzene rings is 6. The van der Waals surface area contributed by atoms with Gasteiger partial charge >= 0.3 is 22.8 Å². The lowest BCUT2D eigenvalue weighted by Gasteiger charge is -2.31. The molecule has 0 spiro atoms. The summed E-state index contributed by atoms with van der Waals surface area (Å²) in [7, 11) is -8.60. The van der Waals surface area contributed by atoms with Crippen LogP contribution in [0.25, 0.3) is 55.3 Å². The van der Waals surface area contributed by atoms with Gasteiger partial charge in [0.1, 0.15) is 11.5 Å². The highest BCUT2D eigenvalue weighted by Crippen LogP contribution is 2.51. The van der Waals surface area contributed by atoms with Crippen LogP contribution in [0.2, 0.25) is 39.3 Å². The van der Waals surface area contributed by atoms with Crippen molar-refractivity contribution in [3.8, 4) is 44.9 Å². The third-order valence-electron chi connectivity index (χ3n) is 12.3. The molecule has 1 aliphatic rings. The van der Waals surface area contributed by atoms with Crippen LogP contribution in [0.5, 0.6) is 11.5 Å². The van der Waals surface area contributed by atoms with E-state index in [0.29, 0.717) is 22.7 Å². The highest BCUT2D eigenvalue weighted by Gasteiger charge is 2.37. The number of carbonyl (C=O) groups is 1. The van der Waals surface area contributed by atoms with Crippen LogP contribution in [0.1, 0.15) is 74.9 Å². The molecule has 0 radical (unpaired) electrons. The van der Waals surface area contributed by atoms with Crippen LogP contribution in [0.3, 0.4) is 0 Å². The average molecular weight is 969 g/mol. The smallest absolute Gasteiger partial charge is 0.417 e. The highest BCUT2D eigenvalue weighted by atomic mass is 31.2. The molecule has 1 aliphatic heterocycles. The first-order chi connectivity index (χ1) is 31.2. The Bertz CT molecular complexity index is 2970. The topological polar surface area (TPSA) is 80.3 Å². The fourth-order valence-electron chi connectivity index (χ4n) is 8.88. The van der Waals surface area contributed by atoms with Gasteiger partial charge in [0.2, 0.25) is 0 Å². The Morgan fingerprint density at radius 1 is 0.522 bits per heavy atom. The van der Waals surface area contributed by atoms with E-state index in [0.717, 1.165) is 60.1 Å². The summed E-state index contributed by atoms with van der Waals surface area (Å²) in [5.41, 5.74) is 13.8.